The summed E-state index contributed by atoms with van der Waals surface area (Å²) in [7, 11) is 1.94. The number of aliphatic hydroxyl groups is 4. The molecule has 1 saturated heterocycles. The van der Waals surface area contributed by atoms with Gasteiger partial charge in [0, 0.05) is 17.1 Å². The van der Waals surface area contributed by atoms with Crippen LogP contribution in [0.2, 0.25) is 0 Å². The smallest absolute Gasteiger partial charge is 0.343 e. The van der Waals surface area contributed by atoms with Gasteiger partial charge in [-0.05, 0) is 56.5 Å². The lowest BCUT2D eigenvalue weighted by Crippen LogP contribution is -2.46. The number of fused-ring (bicyclic) bond motifs is 1. The molecule has 6 N–H and O–H groups in total. The number of benzene rings is 1. The van der Waals surface area contributed by atoms with Gasteiger partial charge < -0.3 is 40.2 Å². The molecule has 1 aromatic heterocycles. The molecule has 2 heterocycles. The average molecular weight is 422 g/mol. The number of carbonyl (C=O) groups excluding carboxylic acids is 1. The van der Waals surface area contributed by atoms with E-state index in [-0.39, 0.29) is 5.75 Å². The van der Waals surface area contributed by atoms with Gasteiger partial charge in [-0.1, -0.05) is 13.0 Å². The van der Waals surface area contributed by atoms with Crippen LogP contribution in [-0.4, -0.2) is 75.7 Å². The maximum atomic E-state index is 12.5. The zero-order valence-corrected chi connectivity index (χ0v) is 17.2. The second kappa shape index (κ2) is 9.42. The Kier molecular flexibility index (Phi) is 7.12. The maximum Gasteiger partial charge on any atom is 0.343 e. The van der Waals surface area contributed by atoms with Gasteiger partial charge in [-0.25, -0.2) is 4.79 Å². The van der Waals surface area contributed by atoms with Gasteiger partial charge in [-0.15, -0.1) is 0 Å². The predicted octanol–water partition coefficient (Wildman–Crippen LogP) is 0.0530. The minimum atomic E-state index is -2.42. The van der Waals surface area contributed by atoms with Crippen molar-refractivity contribution in [3.05, 3.63) is 30.0 Å². The first-order chi connectivity index (χ1) is 14.3. The van der Waals surface area contributed by atoms with Crippen molar-refractivity contribution in [3.8, 4) is 5.75 Å². The summed E-state index contributed by atoms with van der Waals surface area (Å²) in [6, 6.07) is 5.89. The number of ether oxygens (including phenoxy) is 2. The summed E-state index contributed by atoms with van der Waals surface area (Å²) in [5.74, 6) is -2.56. The molecule has 1 aromatic carbocycles. The second-order valence-corrected chi connectivity index (χ2v) is 7.97. The molecule has 0 saturated carbocycles. The van der Waals surface area contributed by atoms with Crippen LogP contribution in [0.4, 0.5) is 0 Å². The zero-order valence-electron chi connectivity index (χ0n) is 17.2. The minimum absolute atomic E-state index is 0.254. The van der Waals surface area contributed by atoms with Crippen molar-refractivity contribution in [2.45, 2.75) is 50.3 Å². The number of H-pyrrole nitrogens is 1. The lowest BCUT2D eigenvalue weighted by Gasteiger charge is -2.22. The molecule has 0 amide bonds. The van der Waals surface area contributed by atoms with E-state index in [0.717, 1.165) is 36.9 Å². The van der Waals surface area contributed by atoms with Crippen molar-refractivity contribution in [2.24, 2.45) is 5.92 Å². The van der Waals surface area contributed by atoms with Crippen molar-refractivity contribution in [1.29, 1.82) is 0 Å². The number of aliphatic hydroxyl groups excluding tert-OH is 3. The third-order valence-electron chi connectivity index (χ3n) is 5.62. The number of aromatic nitrogens is 1. The van der Waals surface area contributed by atoms with E-state index >= 15 is 0 Å². The Balaban J connectivity index is 1.70. The standard InChI is InChI=1S/C21H30N2O7/c1-12(7-8-22-2)3-4-13-5-6-15-14(9-13)16(10-23-15)29-20(27)18-17(25)19(26)21(28,11-24)30-18/h5-6,9-10,12,17-19,22-26,28H,3-4,7-8,11H2,1-2H3. The van der Waals surface area contributed by atoms with Crippen molar-refractivity contribution in [1.82, 2.24) is 10.3 Å². The number of rotatable bonds is 9. The van der Waals surface area contributed by atoms with Crippen LogP contribution in [0.1, 0.15) is 25.3 Å². The minimum Gasteiger partial charge on any atom is -0.422 e. The summed E-state index contributed by atoms with van der Waals surface area (Å²) >= 11 is 0. The largest absolute Gasteiger partial charge is 0.422 e. The molecule has 2 aromatic rings. The van der Waals surface area contributed by atoms with E-state index < -0.39 is 36.7 Å². The molecule has 0 radical (unpaired) electrons. The van der Waals surface area contributed by atoms with E-state index in [9.17, 15) is 25.2 Å². The number of esters is 1. The van der Waals surface area contributed by atoms with E-state index in [1.54, 1.807) is 0 Å². The number of hydrogen-bond acceptors (Lipinski definition) is 8. The summed E-state index contributed by atoms with van der Waals surface area (Å²) < 4.78 is 10.4. The fraction of sp³-hybridized carbons (Fsp3) is 0.571. The molecule has 0 bridgehead atoms. The van der Waals surface area contributed by atoms with Gasteiger partial charge in [0.05, 0.1) is 6.61 Å². The highest BCUT2D eigenvalue weighted by atomic mass is 16.7. The third kappa shape index (κ3) is 4.66. The molecule has 3 rings (SSSR count). The van der Waals surface area contributed by atoms with Gasteiger partial charge in [0.25, 0.3) is 0 Å². The quantitative estimate of drug-likeness (QED) is 0.311. The summed E-state index contributed by atoms with van der Waals surface area (Å²) in [5.41, 5.74) is 1.89. The molecule has 5 atom stereocenters. The van der Waals surface area contributed by atoms with Crippen molar-refractivity contribution < 1.29 is 34.7 Å². The van der Waals surface area contributed by atoms with Crippen LogP contribution in [0, 0.1) is 5.92 Å². The van der Waals surface area contributed by atoms with Crippen LogP contribution in [-0.2, 0) is 16.0 Å². The van der Waals surface area contributed by atoms with Crippen molar-refractivity contribution in [3.63, 3.8) is 0 Å². The van der Waals surface area contributed by atoms with E-state index in [1.807, 2.05) is 25.2 Å². The summed E-state index contributed by atoms with van der Waals surface area (Å²) in [4.78, 5) is 15.5. The van der Waals surface area contributed by atoms with Gasteiger partial charge in [-0.2, -0.15) is 0 Å². The SMILES string of the molecule is CNCCC(C)CCc1ccc2[nH]cc(OC(=O)C3OC(O)(CO)C(O)C3O)c2c1. The van der Waals surface area contributed by atoms with Crippen molar-refractivity contribution in [2.75, 3.05) is 20.2 Å². The fourth-order valence-corrected chi connectivity index (χ4v) is 3.61. The maximum absolute atomic E-state index is 12.5. The topological polar surface area (TPSA) is 144 Å². The molecular formula is C21H30N2O7. The molecule has 166 valence electrons. The summed E-state index contributed by atoms with van der Waals surface area (Å²) in [5, 5.41) is 42.8. The highest BCUT2D eigenvalue weighted by molar-refractivity contribution is 5.90. The molecule has 1 fully saturated rings. The number of aryl methyl sites for hydroxylation is 1. The lowest BCUT2D eigenvalue weighted by atomic mass is 9.97. The van der Waals surface area contributed by atoms with E-state index in [2.05, 4.69) is 17.2 Å². The third-order valence-corrected chi connectivity index (χ3v) is 5.62. The number of carbonyl (C=O) groups is 1. The van der Waals surface area contributed by atoms with Gasteiger partial charge in [0.1, 0.15) is 12.2 Å². The Morgan fingerprint density at radius 1 is 1.37 bits per heavy atom. The van der Waals surface area contributed by atoms with Crippen LogP contribution in [0.5, 0.6) is 5.75 Å². The molecule has 1 aliphatic rings. The molecule has 0 spiro atoms. The first kappa shape index (κ1) is 22.7. The lowest BCUT2D eigenvalue weighted by molar-refractivity contribution is -0.246. The second-order valence-electron chi connectivity index (χ2n) is 7.97. The summed E-state index contributed by atoms with van der Waals surface area (Å²) in [6.07, 6.45) is -0.641. The van der Waals surface area contributed by atoms with Crippen LogP contribution in [0.3, 0.4) is 0 Å². The molecule has 5 unspecified atom stereocenters. The number of hydrogen-bond donors (Lipinski definition) is 6. The first-order valence-corrected chi connectivity index (χ1v) is 10.1. The van der Waals surface area contributed by atoms with E-state index in [1.165, 1.54) is 6.20 Å². The van der Waals surface area contributed by atoms with E-state index in [0.29, 0.717) is 11.3 Å². The molecule has 1 aliphatic heterocycles. The Morgan fingerprint density at radius 3 is 2.80 bits per heavy atom. The number of nitrogens with one attached hydrogen (secondary N) is 2. The van der Waals surface area contributed by atoms with Gasteiger partial charge in [0.2, 0.25) is 5.79 Å². The molecule has 9 nitrogen and oxygen atoms in total. The highest BCUT2D eigenvalue weighted by Gasteiger charge is 2.56. The Morgan fingerprint density at radius 2 is 2.13 bits per heavy atom. The monoisotopic (exact) mass is 422 g/mol. The Hall–Kier alpha value is -2.01. The first-order valence-electron chi connectivity index (χ1n) is 10.1. The molecule has 0 aliphatic carbocycles. The Bertz CT molecular complexity index is 870. The van der Waals surface area contributed by atoms with Gasteiger partial charge >= 0.3 is 5.97 Å². The fourth-order valence-electron chi connectivity index (χ4n) is 3.61. The normalized spacial score (nSPS) is 27.5. The Labute approximate surface area is 174 Å². The van der Waals surface area contributed by atoms with Gasteiger partial charge in [0.15, 0.2) is 11.9 Å². The average Bonchev–Trinajstić information content (AvgIpc) is 3.24. The van der Waals surface area contributed by atoms with Crippen LogP contribution in [0.15, 0.2) is 24.4 Å². The van der Waals surface area contributed by atoms with Crippen LogP contribution >= 0.6 is 0 Å². The van der Waals surface area contributed by atoms with Crippen LogP contribution < -0.4 is 10.1 Å². The molecule has 30 heavy (non-hydrogen) atoms. The van der Waals surface area contributed by atoms with Crippen molar-refractivity contribution >= 4 is 16.9 Å². The number of aromatic amines is 1. The predicted molar refractivity (Wildman–Crippen MR) is 109 cm³/mol. The van der Waals surface area contributed by atoms with E-state index in [4.69, 9.17) is 9.47 Å². The highest BCUT2D eigenvalue weighted by Crippen LogP contribution is 2.32. The molecule has 9 heteroatoms. The molecular weight excluding hydrogens is 392 g/mol. The van der Waals surface area contributed by atoms with Gasteiger partial charge in [-0.3, -0.25) is 0 Å². The summed E-state index contributed by atoms with van der Waals surface area (Å²) in [6.45, 7) is 2.22. The zero-order chi connectivity index (χ0) is 21.9. The van der Waals surface area contributed by atoms with Crippen LogP contribution in [0.25, 0.3) is 10.9 Å².